The van der Waals surface area contributed by atoms with E-state index >= 15 is 0 Å². The number of carbonyl (C=O) groups excluding carboxylic acids is 4. The van der Waals surface area contributed by atoms with Crippen molar-refractivity contribution in [3.63, 3.8) is 0 Å². The Morgan fingerprint density at radius 1 is 1.22 bits per heavy atom. The molecule has 1 atom stereocenters. The first kappa shape index (κ1) is 18.9. The fourth-order valence-corrected chi connectivity index (χ4v) is 3.09. The van der Waals surface area contributed by atoms with Gasteiger partial charge in [0.25, 0.3) is 5.91 Å². The zero-order chi connectivity index (χ0) is 19.6. The molecule has 3 rings (SSSR count). The number of amides is 6. The van der Waals surface area contributed by atoms with Gasteiger partial charge in [-0.1, -0.05) is 37.6 Å². The molecule has 3 N–H and O–H groups in total. The average molecular weight is 372 g/mol. The molecule has 27 heavy (non-hydrogen) atoms. The van der Waals surface area contributed by atoms with Crippen molar-refractivity contribution in [2.75, 3.05) is 6.54 Å². The van der Waals surface area contributed by atoms with E-state index in [1.54, 1.807) is 6.92 Å². The molecule has 8 heteroatoms. The lowest BCUT2D eigenvalue weighted by Crippen LogP contribution is -2.47. The molecule has 2 fully saturated rings. The molecule has 0 spiro atoms. The van der Waals surface area contributed by atoms with Crippen LogP contribution in [0.5, 0.6) is 0 Å². The fraction of sp³-hybridized carbons (Fsp3) is 0.474. The summed E-state index contributed by atoms with van der Waals surface area (Å²) in [5.74, 6) is -1.23. The third kappa shape index (κ3) is 4.10. The van der Waals surface area contributed by atoms with Crippen LogP contribution >= 0.6 is 0 Å². The normalized spacial score (nSPS) is 21.8. The minimum atomic E-state index is -1.24. The summed E-state index contributed by atoms with van der Waals surface area (Å²) in [5.41, 5.74) is 0.563. The van der Waals surface area contributed by atoms with E-state index < -0.39 is 36.0 Å². The summed E-state index contributed by atoms with van der Waals surface area (Å²) in [5, 5.41) is 7.42. The molecule has 1 aromatic carbocycles. The van der Waals surface area contributed by atoms with Crippen LogP contribution in [-0.2, 0) is 21.5 Å². The summed E-state index contributed by atoms with van der Waals surface area (Å²) in [6.45, 7) is 3.19. The minimum absolute atomic E-state index is 0.105. The number of imide groups is 2. The summed E-state index contributed by atoms with van der Waals surface area (Å²) in [7, 11) is 0. The van der Waals surface area contributed by atoms with E-state index in [-0.39, 0.29) is 6.04 Å². The molecule has 0 aromatic heterocycles. The summed E-state index contributed by atoms with van der Waals surface area (Å²) in [6, 6.07) is 6.34. The lowest BCUT2D eigenvalue weighted by atomic mass is 9.91. The Labute approximate surface area is 157 Å². The number of hydrogen-bond acceptors (Lipinski definition) is 4. The molecular formula is C19H24N4O4. The number of nitrogens with zero attached hydrogens (tertiary/aromatic N) is 1. The SMILES string of the molecule is CCCc1ccc([C@]2(C)NC(=O)N(CC(=O)NC(=O)NC3CC3)C2=O)cc1. The van der Waals surface area contributed by atoms with Crippen molar-refractivity contribution in [1.82, 2.24) is 20.9 Å². The van der Waals surface area contributed by atoms with E-state index in [0.717, 1.165) is 36.1 Å². The van der Waals surface area contributed by atoms with Crippen molar-refractivity contribution in [3.8, 4) is 0 Å². The van der Waals surface area contributed by atoms with E-state index in [4.69, 9.17) is 0 Å². The Hall–Kier alpha value is -2.90. The van der Waals surface area contributed by atoms with Gasteiger partial charge in [0.15, 0.2) is 0 Å². The number of carbonyl (C=O) groups is 4. The van der Waals surface area contributed by atoms with E-state index in [9.17, 15) is 19.2 Å². The Bertz CT molecular complexity index is 772. The highest BCUT2D eigenvalue weighted by Gasteiger charge is 2.49. The van der Waals surface area contributed by atoms with Crippen molar-refractivity contribution in [2.45, 2.75) is 51.1 Å². The topological polar surface area (TPSA) is 108 Å². The van der Waals surface area contributed by atoms with E-state index in [0.29, 0.717) is 5.56 Å². The summed E-state index contributed by atoms with van der Waals surface area (Å²) in [6.07, 6.45) is 3.74. The van der Waals surface area contributed by atoms with Crippen molar-refractivity contribution in [1.29, 1.82) is 0 Å². The number of nitrogens with one attached hydrogen (secondary N) is 3. The number of aryl methyl sites for hydroxylation is 1. The zero-order valence-electron chi connectivity index (χ0n) is 15.5. The Balaban J connectivity index is 1.66. The van der Waals surface area contributed by atoms with Gasteiger partial charge in [0.2, 0.25) is 5.91 Å². The molecule has 8 nitrogen and oxygen atoms in total. The molecular weight excluding hydrogens is 348 g/mol. The largest absolute Gasteiger partial charge is 0.335 e. The van der Waals surface area contributed by atoms with Gasteiger partial charge in [0.1, 0.15) is 12.1 Å². The molecule has 144 valence electrons. The molecule has 1 aromatic rings. The molecule has 2 aliphatic rings. The standard InChI is InChI=1S/C19H24N4O4/c1-3-4-12-5-7-13(8-6-12)19(2)16(25)23(18(27)22-19)11-15(24)21-17(26)20-14-9-10-14/h5-8,14H,3-4,9-11H2,1-2H3,(H,22,27)(H2,20,21,24,26)/t19-/m0/s1. The Kier molecular flexibility index (Phi) is 5.16. The second kappa shape index (κ2) is 7.38. The molecule has 0 unspecified atom stereocenters. The van der Waals surface area contributed by atoms with Crippen LogP contribution in [0.2, 0.25) is 0 Å². The summed E-state index contributed by atoms with van der Waals surface area (Å²) >= 11 is 0. The molecule has 1 saturated heterocycles. The first-order valence-corrected chi connectivity index (χ1v) is 9.17. The van der Waals surface area contributed by atoms with Crippen molar-refractivity contribution in [3.05, 3.63) is 35.4 Å². The van der Waals surface area contributed by atoms with Crippen LogP contribution in [0.4, 0.5) is 9.59 Å². The second-order valence-electron chi connectivity index (χ2n) is 7.19. The number of benzene rings is 1. The van der Waals surface area contributed by atoms with Gasteiger partial charge in [-0.15, -0.1) is 0 Å². The monoisotopic (exact) mass is 372 g/mol. The molecule has 1 aliphatic carbocycles. The predicted octanol–water partition coefficient (Wildman–Crippen LogP) is 1.39. The molecule has 0 bridgehead atoms. The highest BCUT2D eigenvalue weighted by atomic mass is 16.2. The number of urea groups is 2. The summed E-state index contributed by atoms with van der Waals surface area (Å²) in [4.78, 5) is 49.6. The third-order valence-electron chi connectivity index (χ3n) is 4.81. The van der Waals surface area contributed by atoms with Gasteiger partial charge < -0.3 is 10.6 Å². The first-order valence-electron chi connectivity index (χ1n) is 9.17. The minimum Gasteiger partial charge on any atom is -0.335 e. The fourth-order valence-electron chi connectivity index (χ4n) is 3.09. The molecule has 0 radical (unpaired) electrons. The molecule has 1 heterocycles. The maximum atomic E-state index is 12.8. The smallest absolute Gasteiger partial charge is 0.325 e. The average Bonchev–Trinajstić information content (AvgIpc) is 3.39. The lowest BCUT2D eigenvalue weighted by Gasteiger charge is -2.22. The maximum absolute atomic E-state index is 12.8. The van der Waals surface area contributed by atoms with Crippen LogP contribution in [0.15, 0.2) is 24.3 Å². The highest BCUT2D eigenvalue weighted by Crippen LogP contribution is 2.29. The maximum Gasteiger partial charge on any atom is 0.325 e. The van der Waals surface area contributed by atoms with Crippen LogP contribution in [0.25, 0.3) is 0 Å². The van der Waals surface area contributed by atoms with Gasteiger partial charge in [-0.3, -0.25) is 19.8 Å². The zero-order valence-corrected chi connectivity index (χ0v) is 15.5. The van der Waals surface area contributed by atoms with Gasteiger partial charge in [0, 0.05) is 6.04 Å². The van der Waals surface area contributed by atoms with Crippen LogP contribution in [0.3, 0.4) is 0 Å². The van der Waals surface area contributed by atoms with E-state index in [2.05, 4.69) is 22.9 Å². The van der Waals surface area contributed by atoms with Crippen LogP contribution < -0.4 is 16.0 Å². The number of rotatable bonds is 6. The van der Waals surface area contributed by atoms with E-state index in [1.165, 1.54) is 0 Å². The molecule has 1 saturated carbocycles. The third-order valence-corrected chi connectivity index (χ3v) is 4.81. The first-order chi connectivity index (χ1) is 12.8. The van der Waals surface area contributed by atoms with Crippen LogP contribution in [0.1, 0.15) is 44.2 Å². The van der Waals surface area contributed by atoms with Gasteiger partial charge >= 0.3 is 12.1 Å². The van der Waals surface area contributed by atoms with Crippen LogP contribution in [0, 0.1) is 0 Å². The van der Waals surface area contributed by atoms with E-state index in [1.807, 2.05) is 24.3 Å². The Morgan fingerprint density at radius 2 is 1.89 bits per heavy atom. The highest BCUT2D eigenvalue weighted by molar-refractivity contribution is 6.10. The van der Waals surface area contributed by atoms with Gasteiger partial charge in [0.05, 0.1) is 0 Å². The molecule has 6 amide bonds. The van der Waals surface area contributed by atoms with Crippen molar-refractivity contribution < 1.29 is 19.2 Å². The Morgan fingerprint density at radius 3 is 2.48 bits per heavy atom. The number of hydrogen-bond donors (Lipinski definition) is 3. The summed E-state index contributed by atoms with van der Waals surface area (Å²) < 4.78 is 0. The van der Waals surface area contributed by atoms with Crippen molar-refractivity contribution >= 4 is 23.9 Å². The van der Waals surface area contributed by atoms with Crippen LogP contribution in [-0.4, -0.2) is 41.4 Å². The molecule has 1 aliphatic heterocycles. The lowest BCUT2D eigenvalue weighted by molar-refractivity contribution is -0.134. The van der Waals surface area contributed by atoms with Crippen molar-refractivity contribution in [2.24, 2.45) is 0 Å². The van der Waals surface area contributed by atoms with Gasteiger partial charge in [-0.25, -0.2) is 9.59 Å². The quantitative estimate of drug-likeness (QED) is 0.656. The predicted molar refractivity (Wildman–Crippen MR) is 97.7 cm³/mol. The second-order valence-corrected chi connectivity index (χ2v) is 7.19. The van der Waals surface area contributed by atoms with Gasteiger partial charge in [-0.05, 0) is 37.3 Å². The van der Waals surface area contributed by atoms with Gasteiger partial charge in [-0.2, -0.15) is 0 Å².